The van der Waals surface area contributed by atoms with Crippen molar-refractivity contribution in [1.82, 2.24) is 9.88 Å². The molecule has 2 N–H and O–H groups in total. The molecule has 168 valence electrons. The van der Waals surface area contributed by atoms with Gasteiger partial charge in [-0.3, -0.25) is 4.79 Å². The molecule has 1 unspecified atom stereocenters. The number of nitrogens with zero attached hydrogens (tertiary/aromatic N) is 1. The third-order valence-corrected chi connectivity index (χ3v) is 6.43. The van der Waals surface area contributed by atoms with Gasteiger partial charge in [0.15, 0.2) is 5.11 Å². The van der Waals surface area contributed by atoms with Gasteiger partial charge >= 0.3 is 0 Å². The molecule has 1 saturated heterocycles. The van der Waals surface area contributed by atoms with Crippen molar-refractivity contribution in [2.24, 2.45) is 0 Å². The molecule has 0 bridgehead atoms. The number of fused-ring (bicyclic) bond motifs is 1. The second-order valence-corrected chi connectivity index (χ2v) is 8.66. The normalized spacial score (nSPS) is 15.7. The number of nitrogens with one attached hydrogen (secondary N) is 2. The largest absolute Gasteiger partial charge is 0.497 e. The first-order chi connectivity index (χ1) is 15.4. The van der Waals surface area contributed by atoms with Gasteiger partial charge in [-0.05, 0) is 85.8 Å². The number of methoxy groups -OCH3 is 1. The predicted molar refractivity (Wildman–Crippen MR) is 133 cm³/mol. The number of aryl methyl sites for hydroxylation is 2. The number of hydrogen-bond donors (Lipinski definition) is 2. The van der Waals surface area contributed by atoms with Crippen LogP contribution in [0, 0.1) is 13.8 Å². The number of hydrogen-bond acceptors (Lipinski definition) is 4. The Morgan fingerprint density at radius 2 is 2.03 bits per heavy atom. The van der Waals surface area contributed by atoms with E-state index < -0.39 is 0 Å². The van der Waals surface area contributed by atoms with E-state index in [9.17, 15) is 4.79 Å². The lowest BCUT2D eigenvalue weighted by atomic mass is 10.0. The molecule has 1 fully saturated rings. The lowest BCUT2D eigenvalue weighted by Crippen LogP contribution is -2.40. The fourth-order valence-corrected chi connectivity index (χ4v) is 4.28. The molecule has 4 rings (SSSR count). The Morgan fingerprint density at radius 3 is 2.72 bits per heavy atom. The van der Waals surface area contributed by atoms with E-state index >= 15 is 0 Å². The number of anilines is 1. The number of ether oxygens (including phenoxy) is 2. The maximum Gasteiger partial charge on any atom is 0.253 e. The zero-order chi connectivity index (χ0) is 22.7. The summed E-state index contributed by atoms with van der Waals surface area (Å²) in [5.41, 5.74) is 4.60. The van der Waals surface area contributed by atoms with Crippen molar-refractivity contribution >= 4 is 33.9 Å². The summed E-state index contributed by atoms with van der Waals surface area (Å²) < 4.78 is 11.1. The van der Waals surface area contributed by atoms with E-state index in [1.165, 1.54) is 0 Å². The molecule has 0 amide bonds. The van der Waals surface area contributed by atoms with E-state index in [1.807, 2.05) is 49.1 Å². The molecule has 2 heterocycles. The van der Waals surface area contributed by atoms with Crippen molar-refractivity contribution < 1.29 is 9.47 Å². The topological polar surface area (TPSA) is 66.6 Å². The van der Waals surface area contributed by atoms with Gasteiger partial charge in [0, 0.05) is 24.4 Å². The van der Waals surface area contributed by atoms with Crippen LogP contribution in [0.15, 0.2) is 47.3 Å². The van der Waals surface area contributed by atoms with Gasteiger partial charge in [-0.1, -0.05) is 12.1 Å². The van der Waals surface area contributed by atoms with Crippen LogP contribution in [0.5, 0.6) is 5.75 Å². The van der Waals surface area contributed by atoms with E-state index in [2.05, 4.69) is 22.4 Å². The van der Waals surface area contributed by atoms with Gasteiger partial charge in [-0.2, -0.15) is 0 Å². The maximum absolute atomic E-state index is 12.9. The summed E-state index contributed by atoms with van der Waals surface area (Å²) in [5.74, 6) is 0.783. The molecule has 0 radical (unpaired) electrons. The fraction of sp³-hybridized carbons (Fsp3) is 0.360. The third-order valence-electron chi connectivity index (χ3n) is 6.07. The highest BCUT2D eigenvalue weighted by atomic mass is 32.1. The summed E-state index contributed by atoms with van der Waals surface area (Å²) >= 11 is 5.75. The molecule has 6 nitrogen and oxygen atoms in total. The zero-order valence-corrected chi connectivity index (χ0v) is 19.6. The van der Waals surface area contributed by atoms with Gasteiger partial charge in [0.2, 0.25) is 0 Å². The molecular weight excluding hydrogens is 422 g/mol. The Hall–Kier alpha value is -2.90. The molecule has 3 aromatic rings. The van der Waals surface area contributed by atoms with E-state index in [1.54, 1.807) is 7.11 Å². The molecule has 7 heteroatoms. The summed E-state index contributed by atoms with van der Waals surface area (Å²) in [4.78, 5) is 18.0. The van der Waals surface area contributed by atoms with E-state index in [-0.39, 0.29) is 11.7 Å². The van der Waals surface area contributed by atoms with Crippen LogP contribution >= 0.6 is 12.2 Å². The quantitative estimate of drug-likeness (QED) is 0.537. The zero-order valence-electron chi connectivity index (χ0n) is 18.7. The summed E-state index contributed by atoms with van der Waals surface area (Å²) in [6.07, 6.45) is 2.15. The van der Waals surface area contributed by atoms with Gasteiger partial charge in [0.1, 0.15) is 5.75 Å². The molecule has 1 aromatic heterocycles. The van der Waals surface area contributed by atoms with Gasteiger partial charge in [0.25, 0.3) is 5.56 Å². The Bertz CT molecular complexity index is 1170. The SMILES string of the molecule is COc1ccc(NC(=S)N(Cc2cc3ccc(C)c(C)c3[nH]c2=O)CC2CCCO2)cc1. The summed E-state index contributed by atoms with van der Waals surface area (Å²) in [6, 6.07) is 13.7. The number of thiocarbonyl (C=S) groups is 1. The molecule has 32 heavy (non-hydrogen) atoms. The fourth-order valence-electron chi connectivity index (χ4n) is 4.02. The molecule has 2 aromatic carbocycles. The van der Waals surface area contributed by atoms with Crippen LogP contribution in [0.4, 0.5) is 5.69 Å². The highest BCUT2D eigenvalue weighted by molar-refractivity contribution is 7.80. The molecule has 0 saturated carbocycles. The van der Waals surface area contributed by atoms with Crippen LogP contribution in [0.25, 0.3) is 10.9 Å². The minimum Gasteiger partial charge on any atom is -0.497 e. The van der Waals surface area contributed by atoms with Crippen LogP contribution < -0.4 is 15.6 Å². The number of H-pyrrole nitrogens is 1. The monoisotopic (exact) mass is 451 g/mol. The van der Waals surface area contributed by atoms with Gasteiger partial charge in [-0.15, -0.1) is 0 Å². The van der Waals surface area contributed by atoms with E-state index in [0.29, 0.717) is 23.8 Å². The number of benzene rings is 2. The summed E-state index contributed by atoms with van der Waals surface area (Å²) in [5, 5.41) is 4.88. The minimum absolute atomic E-state index is 0.0872. The van der Waals surface area contributed by atoms with Crippen molar-refractivity contribution in [2.45, 2.75) is 39.3 Å². The molecule has 1 aliphatic heterocycles. The lowest BCUT2D eigenvalue weighted by Gasteiger charge is -2.28. The Labute approximate surface area is 193 Å². The predicted octanol–water partition coefficient (Wildman–Crippen LogP) is 4.53. The first kappa shape index (κ1) is 22.3. The van der Waals surface area contributed by atoms with Gasteiger partial charge < -0.3 is 24.7 Å². The van der Waals surface area contributed by atoms with Gasteiger partial charge in [-0.25, -0.2) is 0 Å². The Kier molecular flexibility index (Phi) is 6.77. The molecule has 1 atom stereocenters. The first-order valence-corrected chi connectivity index (χ1v) is 11.3. The highest BCUT2D eigenvalue weighted by Gasteiger charge is 2.22. The van der Waals surface area contributed by atoms with Crippen LogP contribution in [0.2, 0.25) is 0 Å². The van der Waals surface area contributed by atoms with Crippen molar-refractivity contribution in [2.75, 3.05) is 25.6 Å². The van der Waals surface area contributed by atoms with Crippen LogP contribution in [0.3, 0.4) is 0 Å². The van der Waals surface area contributed by atoms with Crippen LogP contribution in [-0.2, 0) is 11.3 Å². The molecule has 1 aliphatic rings. The number of rotatable bonds is 6. The Morgan fingerprint density at radius 1 is 1.25 bits per heavy atom. The first-order valence-electron chi connectivity index (χ1n) is 10.9. The second-order valence-electron chi connectivity index (χ2n) is 8.27. The van der Waals surface area contributed by atoms with E-state index in [0.717, 1.165) is 52.9 Å². The van der Waals surface area contributed by atoms with E-state index in [4.69, 9.17) is 21.7 Å². The second kappa shape index (κ2) is 9.71. The van der Waals surface area contributed by atoms with Crippen LogP contribution in [0.1, 0.15) is 29.5 Å². The Balaban J connectivity index is 1.59. The highest BCUT2D eigenvalue weighted by Crippen LogP contribution is 2.21. The standard InChI is InChI=1S/C25H29N3O3S/c1-16-6-7-18-13-19(24(29)27-23(18)17(16)2)14-28(15-22-5-4-12-31-22)25(32)26-20-8-10-21(30-3)11-9-20/h6-11,13,22H,4-5,12,14-15H2,1-3H3,(H,26,32)(H,27,29). The van der Waals surface area contributed by atoms with Crippen molar-refractivity contribution in [3.8, 4) is 5.75 Å². The summed E-state index contributed by atoms with van der Waals surface area (Å²) in [6.45, 7) is 5.89. The van der Waals surface area contributed by atoms with Crippen LogP contribution in [-0.4, -0.2) is 41.4 Å². The smallest absolute Gasteiger partial charge is 0.253 e. The molecular formula is C25H29N3O3S. The minimum atomic E-state index is -0.0872. The lowest BCUT2D eigenvalue weighted by molar-refractivity contribution is 0.0904. The average Bonchev–Trinajstić information content (AvgIpc) is 3.30. The molecule has 0 spiro atoms. The number of aromatic nitrogens is 1. The number of aromatic amines is 1. The van der Waals surface area contributed by atoms with Crippen molar-refractivity contribution in [3.05, 3.63) is 69.5 Å². The summed E-state index contributed by atoms with van der Waals surface area (Å²) in [7, 11) is 1.64. The number of pyridine rings is 1. The third kappa shape index (κ3) is 4.95. The van der Waals surface area contributed by atoms with Crippen molar-refractivity contribution in [3.63, 3.8) is 0 Å². The average molecular weight is 452 g/mol. The maximum atomic E-state index is 12.9. The van der Waals surface area contributed by atoms with Crippen molar-refractivity contribution in [1.29, 1.82) is 0 Å². The molecule has 0 aliphatic carbocycles. The van der Waals surface area contributed by atoms with Gasteiger partial charge in [0.05, 0.1) is 25.3 Å².